The van der Waals surface area contributed by atoms with Crippen LogP contribution in [-0.4, -0.2) is 11.1 Å². The number of hydrogen-bond acceptors (Lipinski definition) is 1. The summed E-state index contributed by atoms with van der Waals surface area (Å²) in [4.78, 5) is 10.6. The molecule has 3 atom stereocenters. The second-order valence-electron chi connectivity index (χ2n) is 3.62. The Balaban J connectivity index is 0.000000605. The Morgan fingerprint density at radius 1 is 1.27 bits per heavy atom. The van der Waals surface area contributed by atoms with Gasteiger partial charge in [-0.25, -0.2) is 0 Å². The normalized spacial score (nSPS) is 40.2. The molecule has 0 amide bonds. The van der Waals surface area contributed by atoms with Gasteiger partial charge in [0.25, 0.3) is 0 Å². The van der Waals surface area contributed by atoms with Crippen LogP contribution in [0.3, 0.4) is 0 Å². The molecule has 0 aliphatic heterocycles. The van der Waals surface area contributed by atoms with Crippen LogP contribution in [0.15, 0.2) is 0 Å². The molecule has 0 saturated heterocycles. The monoisotopic (exact) mass is 176 g/mol. The van der Waals surface area contributed by atoms with Crippen molar-refractivity contribution in [1.82, 2.24) is 0 Å². The number of carbonyl (C=O) groups is 1. The van der Waals surface area contributed by atoms with Gasteiger partial charge in [0.15, 0.2) is 0 Å². The second-order valence-corrected chi connectivity index (χ2v) is 3.62. The van der Waals surface area contributed by atoms with Crippen LogP contribution in [0, 0.1) is 17.8 Å². The van der Waals surface area contributed by atoms with E-state index in [-0.39, 0.29) is 18.3 Å². The van der Waals surface area contributed by atoms with E-state index in [2.05, 4.69) is 0 Å². The fraction of sp³-hybridized carbons (Fsp3) is 0.875. The Morgan fingerprint density at radius 3 is 2.27 bits per heavy atom. The number of carboxylic acid groups (broad SMARTS) is 1. The smallest absolute Gasteiger partial charge is 0.306 e. The fourth-order valence-corrected chi connectivity index (χ4v) is 2.55. The average Bonchev–Trinajstić information content (AvgIpc) is 2.44. The molecule has 2 nitrogen and oxygen atoms in total. The summed E-state index contributed by atoms with van der Waals surface area (Å²) in [5.41, 5.74) is 0. The third-order valence-electron chi connectivity index (χ3n) is 3.06. The number of carboxylic acids is 1. The summed E-state index contributed by atoms with van der Waals surface area (Å²) in [6.45, 7) is 0. The highest BCUT2D eigenvalue weighted by Gasteiger charge is 2.42. The van der Waals surface area contributed by atoms with Gasteiger partial charge in [0.1, 0.15) is 0 Å². The Morgan fingerprint density at radius 2 is 2.00 bits per heavy atom. The Labute approximate surface area is 72.4 Å². The van der Waals surface area contributed by atoms with Crippen molar-refractivity contribution in [2.45, 2.75) is 25.7 Å². The molecule has 1 N–H and O–H groups in total. The third kappa shape index (κ3) is 1.36. The molecular formula is C8H13ClO2. The number of rotatable bonds is 1. The van der Waals surface area contributed by atoms with Crippen LogP contribution < -0.4 is 0 Å². The van der Waals surface area contributed by atoms with E-state index in [0.717, 1.165) is 12.3 Å². The lowest BCUT2D eigenvalue weighted by molar-refractivity contribution is -0.143. The minimum absolute atomic E-state index is 0. The molecule has 2 rings (SSSR count). The largest absolute Gasteiger partial charge is 0.481 e. The first-order chi connectivity index (χ1) is 4.77. The zero-order valence-corrected chi connectivity index (χ0v) is 7.14. The van der Waals surface area contributed by atoms with Gasteiger partial charge in [0.05, 0.1) is 5.92 Å². The number of halogens is 1. The van der Waals surface area contributed by atoms with Gasteiger partial charge in [-0.05, 0) is 31.1 Å². The maximum atomic E-state index is 10.6. The second kappa shape index (κ2) is 3.02. The summed E-state index contributed by atoms with van der Waals surface area (Å²) in [7, 11) is 0. The zero-order chi connectivity index (χ0) is 7.14. The molecule has 0 aromatic carbocycles. The molecule has 0 spiro atoms. The number of fused-ring (bicyclic) bond motifs is 2. The van der Waals surface area contributed by atoms with Gasteiger partial charge in [-0.15, -0.1) is 12.4 Å². The molecule has 3 heteroatoms. The summed E-state index contributed by atoms with van der Waals surface area (Å²) in [5.74, 6) is 0.736. The number of hydrogen-bond donors (Lipinski definition) is 1. The Kier molecular flexibility index (Phi) is 2.43. The van der Waals surface area contributed by atoms with Gasteiger partial charge in [-0.1, -0.05) is 6.42 Å². The summed E-state index contributed by atoms with van der Waals surface area (Å²) in [6, 6.07) is 0. The van der Waals surface area contributed by atoms with Crippen LogP contribution in [0.2, 0.25) is 0 Å². The summed E-state index contributed by atoms with van der Waals surface area (Å²) in [6.07, 6.45) is 4.60. The predicted octanol–water partition coefficient (Wildman–Crippen LogP) is 1.93. The van der Waals surface area contributed by atoms with Crippen molar-refractivity contribution < 1.29 is 9.90 Å². The maximum absolute atomic E-state index is 10.6. The molecule has 64 valence electrons. The van der Waals surface area contributed by atoms with Gasteiger partial charge < -0.3 is 5.11 Å². The van der Waals surface area contributed by atoms with Crippen molar-refractivity contribution in [2.24, 2.45) is 17.8 Å². The average molecular weight is 177 g/mol. The minimum Gasteiger partial charge on any atom is -0.481 e. The van der Waals surface area contributed by atoms with E-state index in [1.54, 1.807) is 0 Å². The lowest BCUT2D eigenvalue weighted by atomic mass is 9.89. The lowest BCUT2D eigenvalue weighted by Gasteiger charge is -2.16. The summed E-state index contributed by atoms with van der Waals surface area (Å²) >= 11 is 0. The molecular weight excluding hydrogens is 164 g/mol. The molecule has 0 aromatic heterocycles. The van der Waals surface area contributed by atoms with Crippen LogP contribution in [0.1, 0.15) is 25.7 Å². The van der Waals surface area contributed by atoms with Crippen LogP contribution in [0.5, 0.6) is 0 Å². The lowest BCUT2D eigenvalue weighted by Crippen LogP contribution is -2.19. The van der Waals surface area contributed by atoms with E-state index in [1.807, 2.05) is 0 Å². The molecule has 11 heavy (non-hydrogen) atoms. The third-order valence-corrected chi connectivity index (χ3v) is 3.06. The van der Waals surface area contributed by atoms with Crippen LogP contribution in [0.25, 0.3) is 0 Å². The van der Waals surface area contributed by atoms with Crippen molar-refractivity contribution in [1.29, 1.82) is 0 Å². The molecule has 2 bridgehead atoms. The quantitative estimate of drug-likeness (QED) is 0.663. The molecule has 0 heterocycles. The minimum atomic E-state index is -0.563. The van der Waals surface area contributed by atoms with Crippen molar-refractivity contribution in [3.8, 4) is 0 Å². The van der Waals surface area contributed by atoms with Crippen LogP contribution in [0.4, 0.5) is 0 Å². The highest BCUT2D eigenvalue weighted by molar-refractivity contribution is 5.85. The SMILES string of the molecule is Cl.O=C(O)[C@@H]1C[C@@H]2CC[C@H]1C2. The number of aliphatic carboxylic acids is 1. The van der Waals surface area contributed by atoms with Crippen LogP contribution >= 0.6 is 12.4 Å². The van der Waals surface area contributed by atoms with Crippen molar-refractivity contribution in [3.63, 3.8) is 0 Å². The van der Waals surface area contributed by atoms with E-state index in [0.29, 0.717) is 5.92 Å². The van der Waals surface area contributed by atoms with E-state index in [1.165, 1.54) is 19.3 Å². The summed E-state index contributed by atoms with van der Waals surface area (Å²) in [5, 5.41) is 8.74. The van der Waals surface area contributed by atoms with Crippen molar-refractivity contribution in [3.05, 3.63) is 0 Å². The van der Waals surface area contributed by atoms with Gasteiger partial charge in [0.2, 0.25) is 0 Å². The van der Waals surface area contributed by atoms with E-state index in [4.69, 9.17) is 5.11 Å². The first-order valence-corrected chi connectivity index (χ1v) is 4.00. The zero-order valence-electron chi connectivity index (χ0n) is 6.32. The van der Waals surface area contributed by atoms with Gasteiger partial charge in [0, 0.05) is 0 Å². The van der Waals surface area contributed by atoms with E-state index >= 15 is 0 Å². The Bertz CT molecular complexity index is 169. The molecule has 2 aliphatic carbocycles. The molecule has 0 radical (unpaired) electrons. The Hall–Kier alpha value is -0.240. The van der Waals surface area contributed by atoms with E-state index in [9.17, 15) is 4.79 Å². The van der Waals surface area contributed by atoms with Crippen molar-refractivity contribution in [2.75, 3.05) is 0 Å². The molecule has 2 fully saturated rings. The highest BCUT2D eigenvalue weighted by atomic mass is 35.5. The van der Waals surface area contributed by atoms with E-state index < -0.39 is 5.97 Å². The highest BCUT2D eigenvalue weighted by Crippen LogP contribution is 2.48. The topological polar surface area (TPSA) is 37.3 Å². The summed E-state index contributed by atoms with van der Waals surface area (Å²) < 4.78 is 0. The fourth-order valence-electron chi connectivity index (χ4n) is 2.55. The maximum Gasteiger partial charge on any atom is 0.306 e. The van der Waals surface area contributed by atoms with Crippen LogP contribution in [-0.2, 0) is 4.79 Å². The predicted molar refractivity (Wildman–Crippen MR) is 43.8 cm³/mol. The molecule has 0 aromatic rings. The van der Waals surface area contributed by atoms with Crippen molar-refractivity contribution >= 4 is 18.4 Å². The molecule has 2 saturated carbocycles. The first-order valence-electron chi connectivity index (χ1n) is 4.00. The van der Waals surface area contributed by atoms with Gasteiger partial charge in [-0.2, -0.15) is 0 Å². The molecule has 0 unspecified atom stereocenters. The standard InChI is InChI=1S/C8H12O2.ClH/c9-8(10)7-4-5-1-2-6(7)3-5;/h5-7H,1-4H2,(H,9,10);1H/t5-,6+,7-;/m1./s1. The van der Waals surface area contributed by atoms with Gasteiger partial charge >= 0.3 is 5.97 Å². The van der Waals surface area contributed by atoms with Gasteiger partial charge in [-0.3, -0.25) is 4.79 Å². The molecule has 2 aliphatic rings. The first kappa shape index (κ1) is 8.85.